The topological polar surface area (TPSA) is 49.8 Å². The van der Waals surface area contributed by atoms with Crippen LogP contribution in [-0.4, -0.2) is 42.4 Å². The van der Waals surface area contributed by atoms with Gasteiger partial charge in [0.05, 0.1) is 6.61 Å². The number of carbonyl (C=O) groups is 1. The van der Waals surface area contributed by atoms with Crippen LogP contribution in [0.3, 0.4) is 0 Å². The second-order valence-electron chi connectivity index (χ2n) is 3.65. The first kappa shape index (κ1) is 13.5. The monoisotopic (exact) mass is 237 g/mol. The summed E-state index contributed by atoms with van der Waals surface area (Å²) in [6.45, 7) is 3.07. The first-order chi connectivity index (χ1) is 8.27. The second kappa shape index (κ2) is 7.68. The molecule has 0 radical (unpaired) electrons. The molecule has 4 nitrogen and oxygen atoms in total. The number of aliphatic hydroxyl groups is 1. The zero-order chi connectivity index (χ0) is 12.5. The lowest BCUT2D eigenvalue weighted by molar-refractivity contribution is 0.0859. The fourth-order valence-electron chi connectivity index (χ4n) is 1.51. The number of benzene rings is 1. The first-order valence-corrected chi connectivity index (χ1v) is 5.84. The largest absolute Gasteiger partial charge is 0.447 e. The molecule has 1 aromatic carbocycles. The maximum absolute atomic E-state index is 11.5. The number of aliphatic hydroxyl groups excluding tert-OH is 1. The molecule has 17 heavy (non-hydrogen) atoms. The average Bonchev–Trinajstić information content (AvgIpc) is 2.38. The van der Waals surface area contributed by atoms with Crippen LogP contribution in [0.1, 0.15) is 12.5 Å². The summed E-state index contributed by atoms with van der Waals surface area (Å²) in [6.07, 6.45) is 0.445. The maximum Gasteiger partial charge on any atom is 0.409 e. The van der Waals surface area contributed by atoms with E-state index in [-0.39, 0.29) is 19.3 Å². The van der Waals surface area contributed by atoms with Gasteiger partial charge in [-0.05, 0) is 18.9 Å². The van der Waals surface area contributed by atoms with Gasteiger partial charge in [0.2, 0.25) is 0 Å². The molecule has 4 heteroatoms. The van der Waals surface area contributed by atoms with E-state index in [1.54, 1.807) is 4.90 Å². The molecule has 1 amide bonds. The van der Waals surface area contributed by atoms with Gasteiger partial charge in [-0.2, -0.15) is 0 Å². The fraction of sp³-hybridized carbons (Fsp3) is 0.462. The van der Waals surface area contributed by atoms with E-state index in [9.17, 15) is 4.79 Å². The molecule has 0 atom stereocenters. The summed E-state index contributed by atoms with van der Waals surface area (Å²) in [5.74, 6) is 0. The van der Waals surface area contributed by atoms with E-state index in [0.29, 0.717) is 13.1 Å². The van der Waals surface area contributed by atoms with E-state index in [2.05, 4.69) is 0 Å². The van der Waals surface area contributed by atoms with E-state index in [4.69, 9.17) is 9.84 Å². The fourth-order valence-corrected chi connectivity index (χ4v) is 1.51. The number of hydrogen-bond acceptors (Lipinski definition) is 3. The van der Waals surface area contributed by atoms with Gasteiger partial charge in [-0.3, -0.25) is 0 Å². The van der Waals surface area contributed by atoms with Gasteiger partial charge in [-0.25, -0.2) is 4.79 Å². The van der Waals surface area contributed by atoms with E-state index in [0.717, 1.165) is 6.42 Å². The highest BCUT2D eigenvalue weighted by Gasteiger charge is 2.12. The molecule has 1 aromatic rings. The van der Waals surface area contributed by atoms with Crippen molar-refractivity contribution in [3.63, 3.8) is 0 Å². The highest BCUT2D eigenvalue weighted by atomic mass is 16.6. The van der Waals surface area contributed by atoms with Crippen LogP contribution in [0.15, 0.2) is 30.3 Å². The van der Waals surface area contributed by atoms with Crippen molar-refractivity contribution in [2.24, 2.45) is 0 Å². The van der Waals surface area contributed by atoms with Crippen molar-refractivity contribution in [1.82, 2.24) is 4.90 Å². The van der Waals surface area contributed by atoms with Crippen LogP contribution in [0.25, 0.3) is 0 Å². The SMILES string of the molecule is CCN(CCc1ccccc1)C(=O)OCCO. The number of nitrogens with zero attached hydrogens (tertiary/aromatic N) is 1. The molecule has 0 saturated heterocycles. The van der Waals surface area contributed by atoms with E-state index >= 15 is 0 Å². The molecule has 0 unspecified atom stereocenters. The molecular weight excluding hydrogens is 218 g/mol. The molecule has 0 spiro atoms. The van der Waals surface area contributed by atoms with Crippen molar-refractivity contribution in [3.8, 4) is 0 Å². The third-order valence-corrected chi connectivity index (χ3v) is 2.47. The van der Waals surface area contributed by atoms with Gasteiger partial charge < -0.3 is 14.7 Å². The van der Waals surface area contributed by atoms with Crippen LogP contribution >= 0.6 is 0 Å². The van der Waals surface area contributed by atoms with E-state index in [1.165, 1.54) is 5.56 Å². The minimum absolute atomic E-state index is 0.0562. The number of likely N-dealkylation sites (N-methyl/N-ethyl adjacent to an activating group) is 1. The summed E-state index contributed by atoms with van der Waals surface area (Å²) in [6, 6.07) is 10.0. The molecule has 0 fully saturated rings. The number of rotatable bonds is 6. The van der Waals surface area contributed by atoms with E-state index < -0.39 is 0 Å². The number of amides is 1. The predicted octanol–water partition coefficient (Wildman–Crippen LogP) is 1.68. The van der Waals surface area contributed by atoms with Crippen molar-refractivity contribution in [3.05, 3.63) is 35.9 Å². The Labute approximate surface area is 102 Å². The molecule has 0 aliphatic carbocycles. The highest BCUT2D eigenvalue weighted by molar-refractivity contribution is 5.67. The lowest BCUT2D eigenvalue weighted by Crippen LogP contribution is -2.33. The van der Waals surface area contributed by atoms with Crippen LogP contribution < -0.4 is 0 Å². The molecule has 1 rings (SSSR count). The Morgan fingerprint density at radius 1 is 1.35 bits per heavy atom. The predicted molar refractivity (Wildman–Crippen MR) is 65.8 cm³/mol. The Hall–Kier alpha value is -1.55. The van der Waals surface area contributed by atoms with E-state index in [1.807, 2.05) is 37.3 Å². The van der Waals surface area contributed by atoms with Crippen molar-refractivity contribution >= 4 is 6.09 Å². The Balaban J connectivity index is 2.39. The lowest BCUT2D eigenvalue weighted by Gasteiger charge is -2.20. The number of carbonyl (C=O) groups excluding carboxylic acids is 1. The molecule has 0 aliphatic rings. The summed E-state index contributed by atoms with van der Waals surface area (Å²) in [5, 5.41) is 8.58. The first-order valence-electron chi connectivity index (χ1n) is 5.84. The van der Waals surface area contributed by atoms with Crippen LogP contribution in [0.4, 0.5) is 4.79 Å². The summed E-state index contributed by atoms with van der Waals surface area (Å²) >= 11 is 0. The summed E-state index contributed by atoms with van der Waals surface area (Å²) < 4.78 is 4.87. The molecular formula is C13H19NO3. The molecule has 0 aromatic heterocycles. The Morgan fingerprint density at radius 3 is 2.65 bits per heavy atom. The lowest BCUT2D eigenvalue weighted by atomic mass is 10.1. The van der Waals surface area contributed by atoms with Crippen molar-refractivity contribution in [2.75, 3.05) is 26.3 Å². The van der Waals surface area contributed by atoms with Gasteiger partial charge in [0.25, 0.3) is 0 Å². The van der Waals surface area contributed by atoms with Gasteiger partial charge in [0.15, 0.2) is 0 Å². The van der Waals surface area contributed by atoms with Gasteiger partial charge in [0.1, 0.15) is 6.61 Å². The molecule has 94 valence electrons. The third kappa shape index (κ3) is 4.87. The normalized spacial score (nSPS) is 10.0. The molecule has 0 heterocycles. The molecule has 1 N–H and O–H groups in total. The Morgan fingerprint density at radius 2 is 2.06 bits per heavy atom. The summed E-state index contributed by atoms with van der Waals surface area (Å²) in [5.41, 5.74) is 1.20. The number of hydrogen-bond donors (Lipinski definition) is 1. The Kier molecular flexibility index (Phi) is 6.10. The zero-order valence-corrected chi connectivity index (χ0v) is 10.1. The van der Waals surface area contributed by atoms with Crippen LogP contribution in [0, 0.1) is 0 Å². The van der Waals surface area contributed by atoms with Gasteiger partial charge in [-0.1, -0.05) is 30.3 Å². The molecule has 0 saturated carbocycles. The smallest absolute Gasteiger partial charge is 0.409 e. The molecule has 0 aliphatic heterocycles. The van der Waals surface area contributed by atoms with Crippen molar-refractivity contribution < 1.29 is 14.6 Å². The van der Waals surface area contributed by atoms with Crippen LogP contribution in [-0.2, 0) is 11.2 Å². The average molecular weight is 237 g/mol. The minimum Gasteiger partial charge on any atom is -0.447 e. The second-order valence-corrected chi connectivity index (χ2v) is 3.65. The van der Waals surface area contributed by atoms with Crippen molar-refractivity contribution in [2.45, 2.75) is 13.3 Å². The van der Waals surface area contributed by atoms with Crippen LogP contribution in [0.2, 0.25) is 0 Å². The highest BCUT2D eigenvalue weighted by Crippen LogP contribution is 2.02. The zero-order valence-electron chi connectivity index (χ0n) is 10.1. The maximum atomic E-state index is 11.5. The molecule has 0 bridgehead atoms. The summed E-state index contributed by atoms with van der Waals surface area (Å²) in [7, 11) is 0. The Bertz CT molecular complexity index is 327. The van der Waals surface area contributed by atoms with Gasteiger partial charge >= 0.3 is 6.09 Å². The van der Waals surface area contributed by atoms with Crippen molar-refractivity contribution in [1.29, 1.82) is 0 Å². The summed E-state index contributed by atoms with van der Waals surface area (Å²) in [4.78, 5) is 13.2. The third-order valence-electron chi connectivity index (χ3n) is 2.47. The van der Waals surface area contributed by atoms with Gasteiger partial charge in [0, 0.05) is 13.1 Å². The number of ether oxygens (including phenoxy) is 1. The standard InChI is InChI=1S/C13H19NO3/c1-2-14(13(16)17-11-10-15)9-8-12-6-4-3-5-7-12/h3-7,15H,2,8-11H2,1H3. The minimum atomic E-state index is -0.363. The quantitative estimate of drug-likeness (QED) is 0.819. The van der Waals surface area contributed by atoms with Crippen LogP contribution in [0.5, 0.6) is 0 Å². The van der Waals surface area contributed by atoms with Gasteiger partial charge in [-0.15, -0.1) is 0 Å².